The Morgan fingerprint density at radius 1 is 1.05 bits per heavy atom. The number of carbonyl (C=O) groups excluding carboxylic acids is 2. The third-order valence-corrected chi connectivity index (χ3v) is 2.91. The third kappa shape index (κ3) is 2.46. The summed E-state index contributed by atoms with van der Waals surface area (Å²) in [6.07, 6.45) is 0. The molecule has 0 aliphatic rings. The molecule has 4 N–H and O–H groups in total. The van der Waals surface area contributed by atoms with Gasteiger partial charge in [-0.25, -0.2) is 0 Å². The van der Waals surface area contributed by atoms with E-state index in [0.717, 1.165) is 11.2 Å². The van der Waals surface area contributed by atoms with E-state index in [2.05, 4.69) is 31.2 Å². The topological polar surface area (TPSA) is 116 Å². The maximum atomic E-state index is 12.0. The first-order valence-corrected chi connectivity index (χ1v) is 6.21. The molecule has 0 aliphatic heterocycles. The summed E-state index contributed by atoms with van der Waals surface area (Å²) in [5.41, 5.74) is 6.51. The van der Waals surface area contributed by atoms with Crippen molar-refractivity contribution in [1.82, 2.24) is 31.2 Å². The number of aryl methyl sites for hydroxylation is 1. The highest BCUT2D eigenvalue weighted by molar-refractivity contribution is 6.05. The summed E-state index contributed by atoms with van der Waals surface area (Å²) >= 11 is 0. The van der Waals surface area contributed by atoms with Gasteiger partial charge < -0.3 is 0 Å². The van der Waals surface area contributed by atoms with Gasteiger partial charge in [0.05, 0.1) is 5.52 Å². The maximum absolute atomic E-state index is 12.0. The smallest absolute Gasteiger partial charge is 0.282 e. The van der Waals surface area contributed by atoms with Crippen LogP contribution < -0.4 is 10.9 Å². The van der Waals surface area contributed by atoms with Gasteiger partial charge >= 0.3 is 0 Å². The number of H-pyrrole nitrogens is 2. The fraction of sp³-hybridized carbons (Fsp3) is 0.0769. The SMILES string of the molecule is Cc1cc(C(=O)NNC(=O)c2n[nH]c3ccccc23)n[nH]1. The van der Waals surface area contributed by atoms with Gasteiger partial charge in [0.1, 0.15) is 0 Å². The van der Waals surface area contributed by atoms with Gasteiger partial charge in [-0.3, -0.25) is 30.6 Å². The summed E-state index contributed by atoms with van der Waals surface area (Å²) < 4.78 is 0. The van der Waals surface area contributed by atoms with Gasteiger partial charge in [0, 0.05) is 11.1 Å². The van der Waals surface area contributed by atoms with E-state index in [4.69, 9.17) is 0 Å². The standard InChI is InChI=1S/C13H12N6O2/c1-7-6-10(16-14-7)12(20)18-19-13(21)11-8-4-2-3-5-9(8)15-17-11/h2-6H,1H3,(H,14,16)(H,15,17)(H,18,20)(H,19,21). The number of nitrogens with one attached hydrogen (secondary N) is 4. The van der Waals surface area contributed by atoms with Crippen LogP contribution in [0.2, 0.25) is 0 Å². The summed E-state index contributed by atoms with van der Waals surface area (Å²) in [5.74, 6) is -1.01. The van der Waals surface area contributed by atoms with Crippen LogP contribution in [0, 0.1) is 6.92 Å². The number of carbonyl (C=O) groups is 2. The van der Waals surface area contributed by atoms with E-state index >= 15 is 0 Å². The Kier molecular flexibility index (Phi) is 3.11. The minimum atomic E-state index is -0.507. The molecule has 2 amide bonds. The molecule has 0 radical (unpaired) electrons. The van der Waals surface area contributed by atoms with E-state index in [9.17, 15) is 9.59 Å². The molecule has 3 rings (SSSR count). The van der Waals surface area contributed by atoms with Crippen molar-refractivity contribution in [1.29, 1.82) is 0 Å². The lowest BCUT2D eigenvalue weighted by Gasteiger charge is -2.03. The van der Waals surface area contributed by atoms with Crippen molar-refractivity contribution in [2.45, 2.75) is 6.92 Å². The first kappa shape index (κ1) is 12.9. The molecule has 106 valence electrons. The zero-order valence-corrected chi connectivity index (χ0v) is 11.1. The van der Waals surface area contributed by atoms with Crippen LogP contribution in [0.4, 0.5) is 0 Å². The number of fused-ring (bicyclic) bond motifs is 1. The van der Waals surface area contributed by atoms with Crippen LogP contribution >= 0.6 is 0 Å². The van der Waals surface area contributed by atoms with Crippen molar-refractivity contribution in [2.75, 3.05) is 0 Å². The quantitative estimate of drug-likeness (QED) is 0.517. The summed E-state index contributed by atoms with van der Waals surface area (Å²) in [5, 5.41) is 13.8. The van der Waals surface area contributed by atoms with Crippen LogP contribution in [-0.4, -0.2) is 32.2 Å². The average molecular weight is 284 g/mol. The lowest BCUT2D eigenvalue weighted by Crippen LogP contribution is -2.42. The Morgan fingerprint density at radius 2 is 1.81 bits per heavy atom. The number of hydrazine groups is 1. The second-order valence-electron chi connectivity index (χ2n) is 4.46. The molecule has 0 saturated carbocycles. The molecule has 0 unspecified atom stereocenters. The summed E-state index contributed by atoms with van der Waals surface area (Å²) in [6.45, 7) is 1.78. The number of para-hydroxylation sites is 1. The lowest BCUT2D eigenvalue weighted by molar-refractivity contribution is 0.0842. The van der Waals surface area contributed by atoms with Crippen molar-refractivity contribution in [3.63, 3.8) is 0 Å². The average Bonchev–Trinajstić information content (AvgIpc) is 3.10. The molecular weight excluding hydrogens is 272 g/mol. The number of aromatic nitrogens is 4. The third-order valence-electron chi connectivity index (χ3n) is 2.91. The Bertz CT molecular complexity index is 819. The first-order valence-electron chi connectivity index (χ1n) is 6.21. The molecule has 2 aromatic heterocycles. The van der Waals surface area contributed by atoms with Crippen molar-refractivity contribution < 1.29 is 9.59 Å². The summed E-state index contributed by atoms with van der Waals surface area (Å²) in [6, 6.07) is 8.80. The second kappa shape index (κ2) is 5.08. The van der Waals surface area contributed by atoms with Gasteiger partial charge in [0.2, 0.25) is 0 Å². The van der Waals surface area contributed by atoms with Crippen LogP contribution in [0.15, 0.2) is 30.3 Å². The van der Waals surface area contributed by atoms with E-state index in [0.29, 0.717) is 5.39 Å². The normalized spacial score (nSPS) is 10.5. The van der Waals surface area contributed by atoms with E-state index in [-0.39, 0.29) is 11.4 Å². The monoisotopic (exact) mass is 284 g/mol. The Labute approximate surface area is 118 Å². The van der Waals surface area contributed by atoms with Crippen LogP contribution in [0.1, 0.15) is 26.7 Å². The Hall–Kier alpha value is -3.16. The van der Waals surface area contributed by atoms with E-state index in [1.165, 1.54) is 0 Å². The number of amides is 2. The molecule has 0 atom stereocenters. The van der Waals surface area contributed by atoms with Crippen molar-refractivity contribution >= 4 is 22.7 Å². The largest absolute Gasteiger partial charge is 0.290 e. The zero-order valence-electron chi connectivity index (χ0n) is 11.1. The van der Waals surface area contributed by atoms with E-state index in [1.54, 1.807) is 25.1 Å². The molecule has 3 aromatic rings. The number of nitrogens with zero attached hydrogens (tertiary/aromatic N) is 2. The number of aromatic amines is 2. The summed E-state index contributed by atoms with van der Waals surface area (Å²) in [7, 11) is 0. The Balaban J connectivity index is 1.71. The highest BCUT2D eigenvalue weighted by atomic mass is 16.2. The first-order chi connectivity index (χ1) is 10.1. The summed E-state index contributed by atoms with van der Waals surface area (Å²) in [4.78, 5) is 23.8. The van der Waals surface area contributed by atoms with Gasteiger partial charge in [-0.2, -0.15) is 10.2 Å². The van der Waals surface area contributed by atoms with Gasteiger partial charge in [-0.15, -0.1) is 0 Å². The molecule has 8 nitrogen and oxygen atoms in total. The Morgan fingerprint density at radius 3 is 2.57 bits per heavy atom. The molecule has 0 bridgehead atoms. The minimum absolute atomic E-state index is 0.194. The lowest BCUT2D eigenvalue weighted by atomic mass is 10.2. The highest BCUT2D eigenvalue weighted by Crippen LogP contribution is 2.14. The molecule has 0 spiro atoms. The molecule has 0 saturated heterocycles. The maximum Gasteiger partial charge on any atom is 0.290 e. The fourth-order valence-electron chi connectivity index (χ4n) is 1.91. The molecule has 21 heavy (non-hydrogen) atoms. The van der Waals surface area contributed by atoms with Crippen molar-refractivity contribution in [3.05, 3.63) is 47.4 Å². The van der Waals surface area contributed by atoms with Gasteiger partial charge in [-0.1, -0.05) is 18.2 Å². The molecular formula is C13H12N6O2. The van der Waals surface area contributed by atoms with Crippen molar-refractivity contribution in [2.24, 2.45) is 0 Å². The minimum Gasteiger partial charge on any atom is -0.282 e. The van der Waals surface area contributed by atoms with E-state index in [1.807, 2.05) is 12.1 Å². The second-order valence-corrected chi connectivity index (χ2v) is 4.46. The highest BCUT2D eigenvalue weighted by Gasteiger charge is 2.15. The zero-order chi connectivity index (χ0) is 14.8. The number of benzene rings is 1. The van der Waals surface area contributed by atoms with Gasteiger partial charge in [-0.05, 0) is 19.1 Å². The van der Waals surface area contributed by atoms with Crippen LogP contribution in [0.5, 0.6) is 0 Å². The molecule has 0 fully saturated rings. The number of hydrogen-bond donors (Lipinski definition) is 4. The fourth-order valence-corrected chi connectivity index (χ4v) is 1.91. The van der Waals surface area contributed by atoms with E-state index < -0.39 is 11.8 Å². The number of rotatable bonds is 2. The van der Waals surface area contributed by atoms with Crippen LogP contribution in [0.25, 0.3) is 10.9 Å². The molecule has 8 heteroatoms. The number of hydrogen-bond acceptors (Lipinski definition) is 4. The van der Waals surface area contributed by atoms with Crippen LogP contribution in [0.3, 0.4) is 0 Å². The van der Waals surface area contributed by atoms with Gasteiger partial charge in [0.15, 0.2) is 11.4 Å². The predicted molar refractivity (Wildman–Crippen MR) is 74.4 cm³/mol. The predicted octanol–water partition coefficient (Wildman–Crippen LogP) is 0.669. The van der Waals surface area contributed by atoms with Crippen LogP contribution in [-0.2, 0) is 0 Å². The van der Waals surface area contributed by atoms with Gasteiger partial charge in [0.25, 0.3) is 11.8 Å². The van der Waals surface area contributed by atoms with Crippen molar-refractivity contribution in [3.8, 4) is 0 Å². The molecule has 0 aliphatic carbocycles. The molecule has 2 heterocycles. The molecule has 1 aromatic carbocycles.